The molecule has 1 aliphatic carbocycles. The molecule has 0 radical (unpaired) electrons. The average Bonchev–Trinajstić information content (AvgIpc) is 3.09. The lowest BCUT2D eigenvalue weighted by molar-refractivity contribution is 0.117. The van der Waals surface area contributed by atoms with E-state index in [0.717, 1.165) is 12.0 Å². The molecule has 1 aliphatic heterocycles. The second kappa shape index (κ2) is 6.15. The van der Waals surface area contributed by atoms with E-state index in [1.807, 2.05) is 0 Å². The Balaban J connectivity index is 1.90. The zero-order chi connectivity index (χ0) is 13.2. The maximum atomic E-state index is 3.76. The van der Waals surface area contributed by atoms with Crippen LogP contribution >= 0.6 is 11.8 Å². The third kappa shape index (κ3) is 3.64. The van der Waals surface area contributed by atoms with Crippen LogP contribution in [0.15, 0.2) is 0 Å². The van der Waals surface area contributed by atoms with Gasteiger partial charge in [-0.3, -0.25) is 4.90 Å². The van der Waals surface area contributed by atoms with Crippen molar-refractivity contribution in [3.8, 4) is 0 Å². The van der Waals surface area contributed by atoms with E-state index in [1.165, 1.54) is 45.3 Å². The molecule has 1 saturated carbocycles. The van der Waals surface area contributed by atoms with Gasteiger partial charge in [0, 0.05) is 36.5 Å². The van der Waals surface area contributed by atoms with Gasteiger partial charge in [0.05, 0.1) is 0 Å². The van der Waals surface area contributed by atoms with Crippen LogP contribution in [0.5, 0.6) is 0 Å². The van der Waals surface area contributed by atoms with Crippen LogP contribution < -0.4 is 5.32 Å². The fourth-order valence-electron chi connectivity index (χ4n) is 3.19. The highest BCUT2D eigenvalue weighted by Gasteiger charge is 2.44. The SMILES string of the molecule is CCC1CNC(CC(C)C)CN1CC1(SC)CC1. The summed E-state index contributed by atoms with van der Waals surface area (Å²) in [6, 6.07) is 1.48. The predicted octanol–water partition coefficient (Wildman–Crippen LogP) is 2.98. The Morgan fingerprint density at radius 2 is 2.11 bits per heavy atom. The Kier molecular flexibility index (Phi) is 5.01. The third-order valence-corrected chi connectivity index (χ3v) is 5.98. The average molecular weight is 270 g/mol. The van der Waals surface area contributed by atoms with E-state index < -0.39 is 0 Å². The van der Waals surface area contributed by atoms with Crippen molar-refractivity contribution >= 4 is 11.8 Å². The predicted molar refractivity (Wildman–Crippen MR) is 82.4 cm³/mol. The number of hydrogen-bond acceptors (Lipinski definition) is 3. The molecule has 2 nitrogen and oxygen atoms in total. The van der Waals surface area contributed by atoms with E-state index in [1.54, 1.807) is 0 Å². The number of nitrogens with zero attached hydrogens (tertiary/aromatic N) is 1. The summed E-state index contributed by atoms with van der Waals surface area (Å²) in [5.41, 5.74) is 0. The van der Waals surface area contributed by atoms with Gasteiger partial charge in [-0.05, 0) is 37.9 Å². The second-order valence-corrected chi connectivity index (χ2v) is 7.89. The summed E-state index contributed by atoms with van der Waals surface area (Å²) in [7, 11) is 0. The maximum absolute atomic E-state index is 3.76. The van der Waals surface area contributed by atoms with Crippen LogP contribution in [0.3, 0.4) is 0 Å². The van der Waals surface area contributed by atoms with Gasteiger partial charge in [-0.25, -0.2) is 0 Å². The highest BCUT2D eigenvalue weighted by atomic mass is 32.2. The van der Waals surface area contributed by atoms with Crippen LogP contribution in [0.4, 0.5) is 0 Å². The molecule has 2 aliphatic rings. The molecule has 0 aromatic carbocycles. The molecule has 1 N–H and O–H groups in total. The third-order valence-electron chi connectivity index (χ3n) is 4.57. The zero-order valence-electron chi connectivity index (χ0n) is 12.5. The van der Waals surface area contributed by atoms with Crippen LogP contribution in [0.1, 0.15) is 46.5 Å². The molecule has 0 aromatic heterocycles. The van der Waals surface area contributed by atoms with Crippen molar-refractivity contribution in [2.75, 3.05) is 25.9 Å². The molecule has 2 atom stereocenters. The topological polar surface area (TPSA) is 15.3 Å². The Bertz CT molecular complexity index is 263. The van der Waals surface area contributed by atoms with Gasteiger partial charge in [-0.2, -0.15) is 11.8 Å². The molecule has 2 rings (SSSR count). The van der Waals surface area contributed by atoms with Gasteiger partial charge in [0.25, 0.3) is 0 Å². The molecule has 2 fully saturated rings. The normalized spacial score (nSPS) is 31.8. The number of thioether (sulfide) groups is 1. The highest BCUT2D eigenvalue weighted by molar-refractivity contribution is 8.00. The lowest BCUT2D eigenvalue weighted by Gasteiger charge is -2.42. The minimum atomic E-state index is 0.618. The molecule has 1 heterocycles. The standard InChI is InChI=1S/C15H30N2S/c1-5-14-9-16-13(8-12(2)3)10-17(14)11-15(18-4)6-7-15/h12-14,16H,5-11H2,1-4H3. The molecule has 0 spiro atoms. The van der Waals surface area contributed by atoms with Gasteiger partial charge < -0.3 is 5.32 Å². The van der Waals surface area contributed by atoms with E-state index in [-0.39, 0.29) is 0 Å². The van der Waals surface area contributed by atoms with E-state index in [4.69, 9.17) is 0 Å². The van der Waals surface area contributed by atoms with Crippen molar-refractivity contribution in [3.05, 3.63) is 0 Å². The van der Waals surface area contributed by atoms with Gasteiger partial charge >= 0.3 is 0 Å². The Labute approximate surface area is 117 Å². The van der Waals surface area contributed by atoms with Crippen LogP contribution in [0.25, 0.3) is 0 Å². The first-order valence-electron chi connectivity index (χ1n) is 7.61. The van der Waals surface area contributed by atoms with Gasteiger partial charge in [-0.1, -0.05) is 20.8 Å². The lowest BCUT2D eigenvalue weighted by Crippen LogP contribution is -2.58. The summed E-state index contributed by atoms with van der Waals surface area (Å²) in [6.07, 6.45) is 7.76. The smallest absolute Gasteiger partial charge is 0.0285 e. The van der Waals surface area contributed by atoms with Gasteiger partial charge in [0.15, 0.2) is 0 Å². The number of rotatable bonds is 6. The van der Waals surface area contributed by atoms with Gasteiger partial charge in [0.2, 0.25) is 0 Å². The summed E-state index contributed by atoms with van der Waals surface area (Å²) in [5, 5.41) is 3.76. The molecule has 18 heavy (non-hydrogen) atoms. The molecular weight excluding hydrogens is 240 g/mol. The van der Waals surface area contributed by atoms with Crippen molar-refractivity contribution in [2.24, 2.45) is 5.92 Å². The molecule has 2 unspecified atom stereocenters. The first kappa shape index (κ1) is 14.7. The van der Waals surface area contributed by atoms with Crippen molar-refractivity contribution in [1.82, 2.24) is 10.2 Å². The molecule has 0 aromatic rings. The number of nitrogens with one attached hydrogen (secondary N) is 1. The molecular formula is C15H30N2S. The Morgan fingerprint density at radius 3 is 2.61 bits per heavy atom. The number of piperazine rings is 1. The van der Waals surface area contributed by atoms with Crippen LogP contribution in [0, 0.1) is 5.92 Å². The molecule has 106 valence electrons. The summed E-state index contributed by atoms with van der Waals surface area (Å²) in [5.74, 6) is 0.804. The Hall–Kier alpha value is 0.270. The summed E-state index contributed by atoms with van der Waals surface area (Å²) >= 11 is 2.10. The molecule has 0 amide bonds. The van der Waals surface area contributed by atoms with Crippen molar-refractivity contribution < 1.29 is 0 Å². The monoisotopic (exact) mass is 270 g/mol. The molecule has 3 heteroatoms. The Morgan fingerprint density at radius 1 is 1.39 bits per heavy atom. The summed E-state index contributed by atoms with van der Waals surface area (Å²) in [4.78, 5) is 2.78. The van der Waals surface area contributed by atoms with E-state index in [2.05, 4.69) is 49.0 Å². The first-order valence-corrected chi connectivity index (χ1v) is 8.83. The summed E-state index contributed by atoms with van der Waals surface area (Å²) in [6.45, 7) is 10.8. The van der Waals surface area contributed by atoms with Crippen molar-refractivity contribution in [1.29, 1.82) is 0 Å². The van der Waals surface area contributed by atoms with Gasteiger partial charge in [-0.15, -0.1) is 0 Å². The fourth-order valence-corrected chi connectivity index (χ4v) is 3.99. The van der Waals surface area contributed by atoms with Crippen molar-refractivity contribution in [3.63, 3.8) is 0 Å². The largest absolute Gasteiger partial charge is 0.311 e. The minimum Gasteiger partial charge on any atom is -0.311 e. The number of hydrogen-bond donors (Lipinski definition) is 1. The second-order valence-electron chi connectivity index (χ2n) is 6.61. The van der Waals surface area contributed by atoms with Crippen LogP contribution in [0.2, 0.25) is 0 Å². The van der Waals surface area contributed by atoms with Gasteiger partial charge in [0.1, 0.15) is 0 Å². The van der Waals surface area contributed by atoms with Crippen LogP contribution in [-0.4, -0.2) is 47.6 Å². The molecule has 1 saturated heterocycles. The maximum Gasteiger partial charge on any atom is 0.0285 e. The first-order chi connectivity index (χ1) is 8.58. The van der Waals surface area contributed by atoms with Crippen LogP contribution in [-0.2, 0) is 0 Å². The van der Waals surface area contributed by atoms with Crippen molar-refractivity contribution in [2.45, 2.75) is 63.3 Å². The minimum absolute atomic E-state index is 0.618. The summed E-state index contributed by atoms with van der Waals surface area (Å²) < 4.78 is 0.618. The van der Waals surface area contributed by atoms with E-state index in [0.29, 0.717) is 10.8 Å². The molecule has 0 bridgehead atoms. The highest BCUT2D eigenvalue weighted by Crippen LogP contribution is 2.48. The quantitative estimate of drug-likeness (QED) is 0.799. The fraction of sp³-hybridized carbons (Fsp3) is 1.00. The lowest BCUT2D eigenvalue weighted by atomic mass is 9.98. The zero-order valence-corrected chi connectivity index (χ0v) is 13.4. The van der Waals surface area contributed by atoms with E-state index in [9.17, 15) is 0 Å². The van der Waals surface area contributed by atoms with E-state index >= 15 is 0 Å².